The molecule has 0 amide bonds. The van der Waals surface area contributed by atoms with Gasteiger partial charge in [-0.2, -0.15) is 0 Å². The van der Waals surface area contributed by atoms with Crippen molar-refractivity contribution in [2.45, 2.75) is 13.8 Å². The van der Waals surface area contributed by atoms with E-state index in [1.165, 1.54) is 11.1 Å². The number of hydrogen-bond acceptors (Lipinski definition) is 3. The van der Waals surface area contributed by atoms with Gasteiger partial charge in [0.1, 0.15) is 0 Å². The van der Waals surface area contributed by atoms with Crippen molar-refractivity contribution in [3.8, 4) is 17.1 Å². The Morgan fingerprint density at radius 3 is 2.47 bits per heavy atom. The molecule has 3 rings (SSSR count). The van der Waals surface area contributed by atoms with Gasteiger partial charge in [0.2, 0.25) is 5.82 Å². The molecule has 0 bridgehead atoms. The van der Waals surface area contributed by atoms with Crippen molar-refractivity contribution in [3.63, 3.8) is 0 Å². The second-order valence-corrected chi connectivity index (χ2v) is 4.49. The van der Waals surface area contributed by atoms with Gasteiger partial charge >= 0.3 is 0 Å². The summed E-state index contributed by atoms with van der Waals surface area (Å²) < 4.78 is 0. The van der Waals surface area contributed by atoms with Crippen molar-refractivity contribution in [1.82, 2.24) is 20.2 Å². The molecule has 0 saturated heterocycles. The topological polar surface area (TPSA) is 43.6 Å². The maximum atomic E-state index is 4.45. The van der Waals surface area contributed by atoms with Gasteiger partial charge < -0.3 is 0 Å². The highest BCUT2D eigenvalue weighted by molar-refractivity contribution is 5.53. The molecular weight excluding hydrogens is 236 g/mol. The molecule has 0 fully saturated rings. The average molecular weight is 250 g/mol. The minimum absolute atomic E-state index is 0.640. The Morgan fingerprint density at radius 1 is 0.895 bits per heavy atom. The Labute approximate surface area is 111 Å². The van der Waals surface area contributed by atoms with Crippen molar-refractivity contribution in [3.05, 3.63) is 59.7 Å². The lowest BCUT2D eigenvalue weighted by Gasteiger charge is -2.05. The van der Waals surface area contributed by atoms with E-state index in [1.807, 2.05) is 42.5 Å². The Bertz CT molecular complexity index is 701. The fraction of sp³-hybridized carbons (Fsp3) is 0.133. The van der Waals surface area contributed by atoms with E-state index in [1.54, 1.807) is 4.80 Å². The van der Waals surface area contributed by atoms with Crippen molar-refractivity contribution in [2.75, 3.05) is 0 Å². The number of aryl methyl sites for hydroxylation is 1. The molecule has 3 aromatic rings. The van der Waals surface area contributed by atoms with E-state index in [-0.39, 0.29) is 0 Å². The predicted molar refractivity (Wildman–Crippen MR) is 74.1 cm³/mol. The van der Waals surface area contributed by atoms with Crippen LogP contribution in [-0.4, -0.2) is 20.2 Å². The molecule has 0 aliphatic heterocycles. The van der Waals surface area contributed by atoms with Gasteiger partial charge in [0.25, 0.3) is 0 Å². The third-order valence-electron chi connectivity index (χ3n) is 3.24. The van der Waals surface area contributed by atoms with Gasteiger partial charge in [-0.15, -0.1) is 15.0 Å². The first-order valence-corrected chi connectivity index (χ1v) is 6.18. The maximum absolute atomic E-state index is 4.45. The highest BCUT2D eigenvalue weighted by Crippen LogP contribution is 2.17. The molecule has 2 aromatic carbocycles. The molecule has 94 valence electrons. The molecule has 0 radical (unpaired) electrons. The van der Waals surface area contributed by atoms with Crippen LogP contribution in [0.2, 0.25) is 0 Å². The number of hydrogen-bond donors (Lipinski definition) is 0. The summed E-state index contributed by atoms with van der Waals surface area (Å²) in [6.07, 6.45) is 0. The smallest absolute Gasteiger partial charge is 0.130 e. The third kappa shape index (κ3) is 2.12. The second kappa shape index (κ2) is 4.65. The molecule has 0 N–H and O–H groups in total. The fourth-order valence-corrected chi connectivity index (χ4v) is 1.97. The summed E-state index contributed by atoms with van der Waals surface area (Å²) in [5.41, 5.74) is 4.32. The lowest BCUT2D eigenvalue weighted by molar-refractivity contribution is 0.715. The number of tetrazole rings is 1. The van der Waals surface area contributed by atoms with Crippen LogP contribution < -0.4 is 0 Å². The van der Waals surface area contributed by atoms with E-state index in [4.69, 9.17) is 0 Å². The van der Waals surface area contributed by atoms with Gasteiger partial charge in [0.05, 0.1) is 5.69 Å². The van der Waals surface area contributed by atoms with Crippen LogP contribution in [0.4, 0.5) is 0 Å². The van der Waals surface area contributed by atoms with Crippen molar-refractivity contribution >= 4 is 0 Å². The molecule has 1 heterocycles. The highest BCUT2D eigenvalue weighted by atomic mass is 15.6. The Morgan fingerprint density at radius 2 is 1.68 bits per heavy atom. The standard InChI is InChI=1S/C15H14N4/c1-11-7-6-10-14(12(11)2)19-17-15(16-18-19)13-8-4-3-5-9-13/h3-10H,1-2H3. The van der Waals surface area contributed by atoms with Crippen molar-refractivity contribution in [1.29, 1.82) is 0 Å². The first kappa shape index (κ1) is 11.6. The van der Waals surface area contributed by atoms with Crippen molar-refractivity contribution < 1.29 is 0 Å². The first-order chi connectivity index (χ1) is 9.25. The molecule has 0 spiro atoms. The van der Waals surface area contributed by atoms with E-state index in [9.17, 15) is 0 Å². The summed E-state index contributed by atoms with van der Waals surface area (Å²) in [6, 6.07) is 15.9. The van der Waals surface area contributed by atoms with Gasteiger partial charge in [-0.25, -0.2) is 0 Å². The molecule has 0 aliphatic carbocycles. The van der Waals surface area contributed by atoms with Crippen LogP contribution in [0, 0.1) is 13.8 Å². The second-order valence-electron chi connectivity index (χ2n) is 4.49. The molecule has 0 unspecified atom stereocenters. The summed E-state index contributed by atoms with van der Waals surface area (Å²) in [4.78, 5) is 1.59. The zero-order valence-corrected chi connectivity index (χ0v) is 10.9. The molecule has 0 atom stereocenters. The van der Waals surface area contributed by atoms with E-state index in [2.05, 4.69) is 35.3 Å². The lowest BCUT2D eigenvalue weighted by Crippen LogP contribution is -2.02. The molecule has 19 heavy (non-hydrogen) atoms. The summed E-state index contributed by atoms with van der Waals surface area (Å²) in [5.74, 6) is 0.640. The molecule has 4 heteroatoms. The van der Waals surface area contributed by atoms with E-state index < -0.39 is 0 Å². The summed E-state index contributed by atoms with van der Waals surface area (Å²) >= 11 is 0. The van der Waals surface area contributed by atoms with Gasteiger partial charge in [0, 0.05) is 5.56 Å². The van der Waals surface area contributed by atoms with E-state index in [0.29, 0.717) is 5.82 Å². The normalized spacial score (nSPS) is 10.6. The Kier molecular flexibility index (Phi) is 2.83. The van der Waals surface area contributed by atoms with E-state index in [0.717, 1.165) is 11.3 Å². The van der Waals surface area contributed by atoms with Crippen LogP contribution in [0.25, 0.3) is 17.1 Å². The van der Waals surface area contributed by atoms with Gasteiger partial charge in [0.15, 0.2) is 0 Å². The number of benzene rings is 2. The highest BCUT2D eigenvalue weighted by Gasteiger charge is 2.09. The third-order valence-corrected chi connectivity index (χ3v) is 3.24. The number of nitrogens with zero attached hydrogens (tertiary/aromatic N) is 4. The summed E-state index contributed by atoms with van der Waals surface area (Å²) in [5, 5.41) is 12.7. The van der Waals surface area contributed by atoms with Crippen LogP contribution in [0.3, 0.4) is 0 Å². The Hall–Kier alpha value is -2.49. The van der Waals surface area contributed by atoms with Crippen molar-refractivity contribution in [2.24, 2.45) is 0 Å². The zero-order chi connectivity index (χ0) is 13.2. The quantitative estimate of drug-likeness (QED) is 0.702. The van der Waals surface area contributed by atoms with Gasteiger partial charge in [-0.3, -0.25) is 0 Å². The lowest BCUT2D eigenvalue weighted by atomic mass is 10.1. The number of rotatable bonds is 2. The Balaban J connectivity index is 2.05. The summed E-state index contributed by atoms with van der Waals surface area (Å²) in [6.45, 7) is 4.14. The minimum Gasteiger partial charge on any atom is -0.130 e. The maximum Gasteiger partial charge on any atom is 0.205 e. The van der Waals surface area contributed by atoms with Gasteiger partial charge in [-0.1, -0.05) is 42.5 Å². The first-order valence-electron chi connectivity index (χ1n) is 6.18. The molecule has 1 aromatic heterocycles. The van der Waals surface area contributed by atoms with Gasteiger partial charge in [-0.05, 0) is 36.3 Å². The molecule has 4 nitrogen and oxygen atoms in total. The largest absolute Gasteiger partial charge is 0.205 e. The van der Waals surface area contributed by atoms with Crippen LogP contribution in [0.5, 0.6) is 0 Å². The fourth-order valence-electron chi connectivity index (χ4n) is 1.97. The van der Waals surface area contributed by atoms with Crippen LogP contribution in [0.15, 0.2) is 48.5 Å². The van der Waals surface area contributed by atoms with Crippen LogP contribution >= 0.6 is 0 Å². The molecule has 0 saturated carbocycles. The van der Waals surface area contributed by atoms with Crippen LogP contribution in [-0.2, 0) is 0 Å². The predicted octanol–water partition coefficient (Wildman–Crippen LogP) is 2.95. The molecule has 0 aliphatic rings. The number of aromatic nitrogens is 4. The SMILES string of the molecule is Cc1cccc(-n2nnc(-c3ccccc3)n2)c1C. The van der Waals surface area contributed by atoms with Crippen LogP contribution in [0.1, 0.15) is 11.1 Å². The average Bonchev–Trinajstić information content (AvgIpc) is 2.92. The zero-order valence-electron chi connectivity index (χ0n) is 10.9. The summed E-state index contributed by atoms with van der Waals surface area (Å²) in [7, 11) is 0. The van der Waals surface area contributed by atoms with E-state index >= 15 is 0 Å². The minimum atomic E-state index is 0.640. The monoisotopic (exact) mass is 250 g/mol. The molecular formula is C15H14N4.